The van der Waals surface area contributed by atoms with Crippen molar-refractivity contribution in [3.05, 3.63) is 48.2 Å². The van der Waals surface area contributed by atoms with Crippen molar-refractivity contribution in [1.29, 1.82) is 5.26 Å². The molecule has 13 heteroatoms. The number of nitrogens with zero attached hydrogens (tertiary/aromatic N) is 3. The van der Waals surface area contributed by atoms with E-state index in [1.54, 1.807) is 47.7 Å². The second kappa shape index (κ2) is 17.8. The summed E-state index contributed by atoms with van der Waals surface area (Å²) in [5.74, 6) is -8.60. The zero-order chi connectivity index (χ0) is 42.0. The van der Waals surface area contributed by atoms with Crippen LogP contribution in [0.3, 0.4) is 0 Å². The van der Waals surface area contributed by atoms with E-state index >= 15 is 0 Å². The predicted octanol–water partition coefficient (Wildman–Crippen LogP) is 5.31. The Morgan fingerprint density at radius 2 is 1.75 bits per heavy atom. The molecule has 0 radical (unpaired) electrons. The molecule has 13 nitrogen and oxygen atoms in total. The molecule has 0 amide bonds. The first-order chi connectivity index (χ1) is 26.9. The molecule has 57 heavy (non-hydrogen) atoms. The monoisotopic (exact) mass is 789 g/mol. The van der Waals surface area contributed by atoms with Crippen molar-refractivity contribution in [3.63, 3.8) is 0 Å². The summed E-state index contributed by atoms with van der Waals surface area (Å²) in [6.07, 6.45) is 1.47. The third kappa shape index (κ3) is 9.00. The minimum absolute atomic E-state index is 0.0366. The largest absolute Gasteiger partial charge is 0.458 e. The number of rotatable bonds is 8. The summed E-state index contributed by atoms with van der Waals surface area (Å²) < 4.78 is 31.5. The predicted molar refractivity (Wildman–Crippen MR) is 211 cm³/mol. The third-order valence-corrected chi connectivity index (χ3v) is 12.5. The maximum absolute atomic E-state index is 14.6. The molecule has 3 saturated heterocycles. The van der Waals surface area contributed by atoms with Crippen LogP contribution in [0.25, 0.3) is 17.0 Å². The summed E-state index contributed by atoms with van der Waals surface area (Å²) in [6, 6.07) is 11.4. The highest BCUT2D eigenvalue weighted by molar-refractivity contribution is 6.00. The molecule has 1 aromatic heterocycles. The first-order valence-electron chi connectivity index (χ1n) is 20.1. The molecule has 1 aromatic carbocycles. The second-order valence-electron chi connectivity index (χ2n) is 16.9. The number of hydrogen-bond donors (Lipinski definition) is 1. The number of cyclic esters (lactones) is 1. The van der Waals surface area contributed by atoms with Gasteiger partial charge in [0.2, 0.25) is 0 Å². The van der Waals surface area contributed by atoms with Crippen LogP contribution in [0.15, 0.2) is 42.6 Å². The van der Waals surface area contributed by atoms with Crippen LogP contribution < -0.4 is 0 Å². The van der Waals surface area contributed by atoms with Gasteiger partial charge in [-0.2, -0.15) is 5.26 Å². The van der Waals surface area contributed by atoms with Gasteiger partial charge >= 0.3 is 11.9 Å². The van der Waals surface area contributed by atoms with Crippen LogP contribution in [-0.4, -0.2) is 107 Å². The van der Waals surface area contributed by atoms with Crippen LogP contribution >= 0.6 is 0 Å². The minimum atomic E-state index is -1.52. The Kier molecular flexibility index (Phi) is 13.8. The van der Waals surface area contributed by atoms with Gasteiger partial charge in [0.05, 0.1) is 36.0 Å². The molecule has 3 aliphatic rings. The number of hydrogen-bond acceptors (Lipinski definition) is 13. The fourth-order valence-corrected chi connectivity index (χ4v) is 9.33. The standard InChI is InChI=1S/C44H59N3O10/c1-11-34-44(8)35(31(23-45)41(52)57-44)26(4)36(48)24(2)22-43(7,53-19-13-14-29-16-17-32-30(21-29)15-12-18-46-32)39(27(5)37(49)28(6)40(51)55-34)56-42-38(50)33(47(9)10)20-25(3)54-42/h12-18,21,24-28,31,33-35,38-39,42,50H,11,19-20,22H2,1-10H3/b14-13+/t24-,25-,26-,27+,28-,31?,33?,34-,35+,38-,39-,42+,43-,44-/m1/s1. The number of nitriles is 1. The highest BCUT2D eigenvalue weighted by Gasteiger charge is 2.62. The lowest BCUT2D eigenvalue weighted by molar-refractivity contribution is -0.296. The van der Waals surface area contributed by atoms with E-state index in [9.17, 15) is 29.5 Å². The van der Waals surface area contributed by atoms with Gasteiger partial charge in [0.25, 0.3) is 0 Å². The number of aliphatic hydroxyl groups excluding tert-OH is 1. The molecule has 0 saturated carbocycles. The van der Waals surface area contributed by atoms with Crippen molar-refractivity contribution in [3.8, 4) is 6.07 Å². The lowest BCUT2D eigenvalue weighted by Crippen LogP contribution is -2.59. The average Bonchev–Trinajstić information content (AvgIpc) is 3.45. The Morgan fingerprint density at radius 1 is 1.04 bits per heavy atom. The Bertz CT molecular complexity index is 1880. The highest BCUT2D eigenvalue weighted by Crippen LogP contribution is 2.48. The highest BCUT2D eigenvalue weighted by atomic mass is 16.7. The number of fused-ring (bicyclic) bond motifs is 2. The van der Waals surface area contributed by atoms with E-state index < -0.39 is 89.0 Å². The average molecular weight is 790 g/mol. The van der Waals surface area contributed by atoms with Crippen molar-refractivity contribution in [2.24, 2.45) is 35.5 Å². The van der Waals surface area contributed by atoms with E-state index in [2.05, 4.69) is 4.98 Å². The second-order valence-corrected chi connectivity index (χ2v) is 16.9. The Morgan fingerprint density at radius 3 is 2.42 bits per heavy atom. The number of ketones is 2. The van der Waals surface area contributed by atoms with Gasteiger partial charge in [-0.25, -0.2) is 0 Å². The van der Waals surface area contributed by atoms with E-state index in [4.69, 9.17) is 23.7 Å². The lowest BCUT2D eigenvalue weighted by atomic mass is 9.67. The molecule has 1 N–H and O–H groups in total. The number of aromatic nitrogens is 1. The van der Waals surface area contributed by atoms with Gasteiger partial charge in [-0.3, -0.25) is 24.2 Å². The van der Waals surface area contributed by atoms with Crippen LogP contribution in [0.2, 0.25) is 0 Å². The van der Waals surface area contributed by atoms with E-state index in [1.165, 1.54) is 6.92 Å². The number of esters is 2. The quantitative estimate of drug-likeness (QED) is 0.269. The molecule has 2 unspecified atom stereocenters. The van der Waals surface area contributed by atoms with Crippen molar-refractivity contribution in [1.82, 2.24) is 9.88 Å². The number of ether oxygens (including phenoxy) is 5. The van der Waals surface area contributed by atoms with Gasteiger partial charge in [-0.15, -0.1) is 0 Å². The third-order valence-electron chi connectivity index (χ3n) is 12.5. The first-order valence-corrected chi connectivity index (χ1v) is 20.1. The van der Waals surface area contributed by atoms with E-state index in [-0.39, 0.29) is 37.4 Å². The van der Waals surface area contributed by atoms with Gasteiger partial charge in [-0.1, -0.05) is 52.0 Å². The van der Waals surface area contributed by atoms with Gasteiger partial charge in [0, 0.05) is 41.3 Å². The van der Waals surface area contributed by atoms with Crippen LogP contribution in [0.5, 0.6) is 0 Å². The minimum Gasteiger partial charge on any atom is -0.458 e. The maximum Gasteiger partial charge on any atom is 0.324 e. The van der Waals surface area contributed by atoms with Crippen LogP contribution in [0, 0.1) is 46.8 Å². The summed E-state index contributed by atoms with van der Waals surface area (Å²) in [5, 5.41) is 22.7. The van der Waals surface area contributed by atoms with Gasteiger partial charge in [-0.05, 0) is 84.8 Å². The molecular weight excluding hydrogens is 730 g/mol. The molecule has 0 spiro atoms. The fourth-order valence-electron chi connectivity index (χ4n) is 9.33. The van der Waals surface area contributed by atoms with Gasteiger partial charge in [0.15, 0.2) is 23.6 Å². The van der Waals surface area contributed by atoms with Crippen LogP contribution in [0.1, 0.15) is 80.2 Å². The molecule has 0 aliphatic carbocycles. The number of benzene rings is 1. The molecule has 2 aromatic rings. The maximum atomic E-state index is 14.6. The first kappa shape index (κ1) is 44.1. The fraction of sp³-hybridized carbons (Fsp3) is 0.636. The zero-order valence-electron chi connectivity index (χ0n) is 34.8. The number of carbonyl (C=O) groups is 4. The van der Waals surface area contributed by atoms with Crippen molar-refractivity contribution < 1.29 is 48.0 Å². The summed E-state index contributed by atoms with van der Waals surface area (Å²) in [4.78, 5) is 62.5. The van der Waals surface area contributed by atoms with E-state index in [1.807, 2.05) is 74.5 Å². The summed E-state index contributed by atoms with van der Waals surface area (Å²) >= 11 is 0. The zero-order valence-corrected chi connectivity index (χ0v) is 34.8. The lowest BCUT2D eigenvalue weighted by Gasteiger charge is -2.47. The number of Topliss-reactive ketones (excluding diaryl/α,β-unsaturated/α-hetero) is 2. The number of likely N-dealkylation sites (N-methyl/N-ethyl adjacent to an activating group) is 1. The number of pyridine rings is 1. The Balaban J connectivity index is 1.58. The Hall–Kier alpha value is -4.06. The normalized spacial score (nSPS) is 38.4. The molecule has 0 bridgehead atoms. The van der Waals surface area contributed by atoms with Crippen molar-refractivity contribution >= 4 is 40.5 Å². The topological polar surface area (TPSA) is 175 Å². The Labute approximate surface area is 336 Å². The molecule has 3 aliphatic heterocycles. The summed E-state index contributed by atoms with van der Waals surface area (Å²) in [5.41, 5.74) is -1.15. The summed E-state index contributed by atoms with van der Waals surface area (Å²) in [6.45, 7) is 13.6. The van der Waals surface area contributed by atoms with Crippen LogP contribution in [-0.2, 0) is 42.9 Å². The van der Waals surface area contributed by atoms with Gasteiger partial charge in [0.1, 0.15) is 23.9 Å². The molecule has 310 valence electrons. The van der Waals surface area contributed by atoms with Crippen molar-refractivity contribution in [2.45, 2.75) is 123 Å². The summed E-state index contributed by atoms with van der Waals surface area (Å²) in [7, 11) is 3.72. The smallest absolute Gasteiger partial charge is 0.324 e. The molecular formula is C44H59N3O10. The number of aliphatic hydroxyl groups is 1. The molecule has 4 heterocycles. The van der Waals surface area contributed by atoms with E-state index in [0.717, 1.165) is 16.5 Å². The SMILES string of the molecule is CC[C@H]1OC(=O)[C@H](C)C(=O)[C@H](C)[C@@H](O[C@@H]2O[C@H](C)CC(N(C)C)[C@H]2O)[C@](C)(OC/C=C/c2ccc3ncccc3c2)C[C@@H](C)C(=O)[C@H](C)[C@H]2C(C#N)C(=O)O[C@@]21C. The molecule has 5 rings (SSSR count). The molecule has 3 fully saturated rings. The molecule has 14 atom stereocenters. The number of carbonyl (C=O) groups excluding carboxylic acids is 4. The van der Waals surface area contributed by atoms with Crippen molar-refractivity contribution in [2.75, 3.05) is 20.7 Å². The van der Waals surface area contributed by atoms with Crippen LogP contribution in [0.4, 0.5) is 0 Å². The van der Waals surface area contributed by atoms with Gasteiger partial charge < -0.3 is 33.7 Å². The van der Waals surface area contributed by atoms with E-state index in [0.29, 0.717) is 6.42 Å².